The first-order valence-corrected chi connectivity index (χ1v) is 6.77. The monoisotopic (exact) mass is 245 g/mol. The van der Waals surface area contributed by atoms with Gasteiger partial charge < -0.3 is 4.90 Å². The van der Waals surface area contributed by atoms with Gasteiger partial charge in [-0.1, -0.05) is 32.0 Å². The highest BCUT2D eigenvalue weighted by atomic mass is 16.1. The third-order valence-electron chi connectivity index (χ3n) is 4.18. The molecule has 18 heavy (non-hydrogen) atoms. The summed E-state index contributed by atoms with van der Waals surface area (Å²) < 4.78 is 0. The molecule has 0 saturated carbocycles. The second kappa shape index (κ2) is 4.75. The van der Waals surface area contributed by atoms with Gasteiger partial charge in [-0.25, -0.2) is 0 Å². The molecule has 1 aliphatic rings. The van der Waals surface area contributed by atoms with Gasteiger partial charge in [-0.3, -0.25) is 4.79 Å². The van der Waals surface area contributed by atoms with Crippen molar-refractivity contribution in [2.24, 2.45) is 5.41 Å². The van der Waals surface area contributed by atoms with Crippen LogP contribution in [0.15, 0.2) is 24.3 Å². The Morgan fingerprint density at radius 1 is 1.39 bits per heavy atom. The Hall–Kier alpha value is -1.31. The van der Waals surface area contributed by atoms with Gasteiger partial charge in [0.1, 0.15) is 5.78 Å². The molecule has 0 saturated heterocycles. The van der Waals surface area contributed by atoms with Crippen molar-refractivity contribution in [2.75, 3.05) is 11.4 Å². The fourth-order valence-electron chi connectivity index (χ4n) is 2.54. The van der Waals surface area contributed by atoms with E-state index < -0.39 is 0 Å². The predicted octanol–water partition coefficient (Wildman–Crippen LogP) is 3.44. The summed E-state index contributed by atoms with van der Waals surface area (Å²) in [5, 5.41) is 0. The van der Waals surface area contributed by atoms with E-state index in [4.69, 9.17) is 0 Å². The number of fused-ring (bicyclic) bond motifs is 1. The van der Waals surface area contributed by atoms with Gasteiger partial charge in [0.2, 0.25) is 0 Å². The zero-order valence-electron chi connectivity index (χ0n) is 11.9. The third-order valence-corrected chi connectivity index (χ3v) is 4.18. The molecule has 0 fully saturated rings. The zero-order chi connectivity index (χ0) is 13.3. The largest absolute Gasteiger partial charge is 0.368 e. The van der Waals surface area contributed by atoms with E-state index in [0.29, 0.717) is 6.04 Å². The van der Waals surface area contributed by atoms with Crippen LogP contribution in [-0.2, 0) is 11.2 Å². The van der Waals surface area contributed by atoms with Gasteiger partial charge in [0.25, 0.3) is 0 Å². The zero-order valence-corrected chi connectivity index (χ0v) is 11.9. The lowest BCUT2D eigenvalue weighted by atomic mass is 9.86. The van der Waals surface area contributed by atoms with Gasteiger partial charge in [0, 0.05) is 23.7 Å². The molecule has 2 heteroatoms. The maximum absolute atomic E-state index is 11.7. The molecular formula is C16H23NO. The highest BCUT2D eigenvalue weighted by Gasteiger charge is 2.31. The van der Waals surface area contributed by atoms with Gasteiger partial charge in [-0.15, -0.1) is 0 Å². The number of nitrogens with zero attached hydrogens (tertiary/aromatic N) is 1. The van der Waals surface area contributed by atoms with E-state index in [-0.39, 0.29) is 11.2 Å². The summed E-state index contributed by atoms with van der Waals surface area (Å²) in [5.74, 6) is 0.262. The minimum absolute atomic E-state index is 0.262. The minimum Gasteiger partial charge on any atom is -0.368 e. The SMILES string of the molecule is CC(=O)C(C)(C)CN1c2ccccc2CCC1C. The standard InChI is InChI=1S/C16H23NO/c1-12-9-10-14-7-5-6-8-15(14)17(12)11-16(3,4)13(2)18/h5-8,12H,9-11H2,1-4H3. The van der Waals surface area contributed by atoms with Crippen molar-refractivity contribution in [3.8, 4) is 0 Å². The second-order valence-corrected chi connectivity index (χ2v) is 6.08. The Morgan fingerprint density at radius 3 is 2.72 bits per heavy atom. The van der Waals surface area contributed by atoms with Gasteiger partial charge in [0.15, 0.2) is 0 Å². The molecule has 1 heterocycles. The van der Waals surface area contributed by atoms with Gasteiger partial charge in [-0.2, -0.15) is 0 Å². The molecule has 1 aromatic carbocycles. The number of para-hydroxylation sites is 1. The van der Waals surface area contributed by atoms with Crippen LogP contribution in [0.1, 0.15) is 39.7 Å². The van der Waals surface area contributed by atoms with Crippen molar-refractivity contribution in [3.05, 3.63) is 29.8 Å². The molecule has 98 valence electrons. The second-order valence-electron chi connectivity index (χ2n) is 6.08. The van der Waals surface area contributed by atoms with Crippen molar-refractivity contribution in [1.29, 1.82) is 0 Å². The molecule has 0 aliphatic carbocycles. The van der Waals surface area contributed by atoms with Crippen LogP contribution in [-0.4, -0.2) is 18.4 Å². The average Bonchev–Trinajstić information content (AvgIpc) is 2.32. The van der Waals surface area contributed by atoms with E-state index in [9.17, 15) is 4.79 Å². The molecule has 2 rings (SSSR count). The maximum Gasteiger partial charge on any atom is 0.137 e. The number of hydrogen-bond acceptors (Lipinski definition) is 2. The number of hydrogen-bond donors (Lipinski definition) is 0. The van der Waals surface area contributed by atoms with Crippen LogP contribution >= 0.6 is 0 Å². The van der Waals surface area contributed by atoms with Crippen LogP contribution in [0.2, 0.25) is 0 Å². The van der Waals surface area contributed by atoms with Crippen LogP contribution in [0.5, 0.6) is 0 Å². The van der Waals surface area contributed by atoms with Crippen LogP contribution in [0.3, 0.4) is 0 Å². The van der Waals surface area contributed by atoms with Crippen LogP contribution in [0.4, 0.5) is 5.69 Å². The highest BCUT2D eigenvalue weighted by molar-refractivity contribution is 5.82. The molecule has 0 spiro atoms. The molecule has 1 aliphatic heterocycles. The number of benzene rings is 1. The van der Waals surface area contributed by atoms with E-state index in [1.165, 1.54) is 17.7 Å². The van der Waals surface area contributed by atoms with Gasteiger partial charge >= 0.3 is 0 Å². The topological polar surface area (TPSA) is 20.3 Å². The molecule has 0 radical (unpaired) electrons. The van der Waals surface area contributed by atoms with Gasteiger partial charge in [0.05, 0.1) is 0 Å². The Balaban J connectivity index is 2.30. The normalized spacial score (nSPS) is 19.6. The number of Topliss-reactive ketones (excluding diaryl/α,β-unsaturated/α-hetero) is 1. The van der Waals surface area contributed by atoms with E-state index in [0.717, 1.165) is 13.0 Å². The number of anilines is 1. The van der Waals surface area contributed by atoms with Gasteiger partial charge in [-0.05, 0) is 38.3 Å². The Bertz CT molecular complexity index is 450. The van der Waals surface area contributed by atoms with Crippen LogP contribution in [0, 0.1) is 5.41 Å². The Labute approximate surface area is 110 Å². The summed E-state index contributed by atoms with van der Waals surface area (Å²) in [5.41, 5.74) is 2.44. The molecule has 2 nitrogen and oxygen atoms in total. The molecule has 0 aromatic heterocycles. The van der Waals surface area contributed by atoms with E-state index >= 15 is 0 Å². The van der Waals surface area contributed by atoms with Crippen LogP contribution < -0.4 is 4.90 Å². The summed E-state index contributed by atoms with van der Waals surface area (Å²) in [6.45, 7) is 8.84. The molecule has 1 aromatic rings. The fourth-order valence-corrected chi connectivity index (χ4v) is 2.54. The number of aryl methyl sites for hydroxylation is 1. The predicted molar refractivity (Wildman–Crippen MR) is 76.0 cm³/mol. The number of rotatable bonds is 3. The molecule has 0 N–H and O–H groups in total. The van der Waals surface area contributed by atoms with Crippen molar-refractivity contribution in [3.63, 3.8) is 0 Å². The van der Waals surface area contributed by atoms with E-state index in [1.807, 2.05) is 13.8 Å². The molecule has 0 bridgehead atoms. The lowest BCUT2D eigenvalue weighted by Gasteiger charge is -2.41. The lowest BCUT2D eigenvalue weighted by Crippen LogP contribution is -2.45. The van der Waals surface area contributed by atoms with Crippen molar-refractivity contribution < 1.29 is 4.79 Å². The van der Waals surface area contributed by atoms with Crippen molar-refractivity contribution in [1.82, 2.24) is 0 Å². The summed E-state index contributed by atoms with van der Waals surface area (Å²) in [6, 6.07) is 9.09. The van der Waals surface area contributed by atoms with E-state index in [2.05, 4.69) is 36.1 Å². The Kier molecular flexibility index (Phi) is 3.47. The number of carbonyl (C=O) groups excluding carboxylic acids is 1. The summed E-state index contributed by atoms with van der Waals surface area (Å²) in [7, 11) is 0. The molecule has 1 atom stereocenters. The quantitative estimate of drug-likeness (QED) is 0.813. The molecular weight excluding hydrogens is 222 g/mol. The minimum atomic E-state index is -0.279. The lowest BCUT2D eigenvalue weighted by molar-refractivity contribution is -0.124. The number of carbonyl (C=O) groups is 1. The van der Waals surface area contributed by atoms with E-state index in [1.54, 1.807) is 6.92 Å². The third kappa shape index (κ3) is 2.43. The highest BCUT2D eigenvalue weighted by Crippen LogP contribution is 2.33. The summed E-state index contributed by atoms with van der Waals surface area (Å²) >= 11 is 0. The maximum atomic E-state index is 11.7. The summed E-state index contributed by atoms with van der Waals surface area (Å²) in [6.07, 6.45) is 2.32. The first-order valence-electron chi connectivity index (χ1n) is 6.77. The molecule has 1 unspecified atom stereocenters. The fraction of sp³-hybridized carbons (Fsp3) is 0.562. The first kappa shape index (κ1) is 13.1. The van der Waals surface area contributed by atoms with Crippen LogP contribution in [0.25, 0.3) is 0 Å². The average molecular weight is 245 g/mol. The Morgan fingerprint density at radius 2 is 2.06 bits per heavy atom. The number of ketones is 1. The van der Waals surface area contributed by atoms with Crippen molar-refractivity contribution >= 4 is 11.5 Å². The molecule has 0 amide bonds. The summed E-state index contributed by atoms with van der Waals surface area (Å²) in [4.78, 5) is 14.1. The smallest absolute Gasteiger partial charge is 0.137 e. The first-order chi connectivity index (χ1) is 8.42. The van der Waals surface area contributed by atoms with Crippen molar-refractivity contribution in [2.45, 2.75) is 46.6 Å².